The summed E-state index contributed by atoms with van der Waals surface area (Å²) in [5.74, 6) is 0. The third kappa shape index (κ3) is 5.74. The molecule has 0 fully saturated rings. The summed E-state index contributed by atoms with van der Waals surface area (Å²) in [5.41, 5.74) is 14.2. The van der Waals surface area contributed by atoms with E-state index in [4.69, 9.17) is 4.42 Å². The molecular formula is C56H37NO. The van der Waals surface area contributed by atoms with E-state index in [0.29, 0.717) is 0 Å². The summed E-state index contributed by atoms with van der Waals surface area (Å²) >= 11 is 0. The lowest BCUT2D eigenvalue weighted by atomic mass is 9.96. The molecule has 0 bridgehead atoms. The second-order valence-electron chi connectivity index (χ2n) is 14.8. The molecule has 0 aliphatic rings. The van der Waals surface area contributed by atoms with Gasteiger partial charge in [0.15, 0.2) is 0 Å². The normalized spacial score (nSPS) is 11.4. The van der Waals surface area contributed by atoms with Crippen molar-refractivity contribution in [2.45, 2.75) is 0 Å². The zero-order chi connectivity index (χ0) is 38.4. The van der Waals surface area contributed by atoms with Gasteiger partial charge in [-0.15, -0.1) is 0 Å². The average Bonchev–Trinajstić information content (AvgIpc) is 3.69. The molecule has 0 unspecified atom stereocenters. The van der Waals surface area contributed by atoms with Gasteiger partial charge >= 0.3 is 0 Å². The molecule has 0 amide bonds. The highest BCUT2D eigenvalue weighted by atomic mass is 16.3. The Kier molecular flexibility index (Phi) is 8.19. The standard InChI is InChI=1S/C56H37NO/c1-2-14-40(15-3-1)49-25-12-27-52-53-28-13-26-51(56(53)58-55(49)52)50-22-8-9-29-54(50)57(43-34-30-41(31-35-43)47-23-10-18-38-16-4-6-20-45(38)47)44-36-32-42(33-37-44)48-24-11-19-39-17-5-7-21-46(39)48/h1-37H. The van der Waals surface area contributed by atoms with Crippen molar-refractivity contribution in [3.8, 4) is 44.5 Å². The molecule has 272 valence electrons. The Labute approximate surface area is 337 Å². The van der Waals surface area contributed by atoms with E-state index in [1.807, 2.05) is 0 Å². The van der Waals surface area contributed by atoms with Gasteiger partial charge in [0.05, 0.1) is 5.69 Å². The molecule has 58 heavy (non-hydrogen) atoms. The zero-order valence-electron chi connectivity index (χ0n) is 31.7. The van der Waals surface area contributed by atoms with Gasteiger partial charge in [0.1, 0.15) is 11.2 Å². The maximum Gasteiger partial charge on any atom is 0.143 e. The highest BCUT2D eigenvalue weighted by Gasteiger charge is 2.21. The maximum atomic E-state index is 6.95. The van der Waals surface area contributed by atoms with Crippen molar-refractivity contribution in [1.29, 1.82) is 0 Å². The summed E-state index contributed by atoms with van der Waals surface area (Å²) in [6, 6.07) is 80.5. The summed E-state index contributed by atoms with van der Waals surface area (Å²) in [6.07, 6.45) is 0. The number of hydrogen-bond acceptors (Lipinski definition) is 2. The Hall–Kier alpha value is -7.68. The van der Waals surface area contributed by atoms with Crippen LogP contribution in [-0.2, 0) is 0 Å². The second kappa shape index (κ2) is 14.1. The molecule has 1 aromatic heterocycles. The van der Waals surface area contributed by atoms with Crippen LogP contribution >= 0.6 is 0 Å². The van der Waals surface area contributed by atoms with Gasteiger partial charge < -0.3 is 9.32 Å². The first kappa shape index (κ1) is 33.6. The molecule has 2 heteroatoms. The number of rotatable bonds is 7. The SMILES string of the molecule is c1ccc(-c2cccc3c2oc2c(-c4ccccc4N(c4ccc(-c5cccc6ccccc56)cc4)c4ccc(-c5cccc6ccccc56)cc4)cccc23)cc1. The van der Waals surface area contributed by atoms with Gasteiger partial charge in [0.2, 0.25) is 0 Å². The zero-order valence-corrected chi connectivity index (χ0v) is 31.7. The van der Waals surface area contributed by atoms with Gasteiger partial charge in [-0.3, -0.25) is 0 Å². The Morgan fingerprint density at radius 1 is 0.259 bits per heavy atom. The van der Waals surface area contributed by atoms with Gasteiger partial charge in [-0.2, -0.15) is 0 Å². The molecule has 0 aliphatic carbocycles. The molecule has 2 nitrogen and oxygen atoms in total. The highest BCUT2D eigenvalue weighted by Crippen LogP contribution is 2.46. The van der Waals surface area contributed by atoms with Crippen LogP contribution in [0.3, 0.4) is 0 Å². The predicted molar refractivity (Wildman–Crippen MR) is 245 cm³/mol. The minimum Gasteiger partial charge on any atom is -0.455 e. The summed E-state index contributed by atoms with van der Waals surface area (Å²) in [7, 11) is 0. The van der Waals surface area contributed by atoms with E-state index in [-0.39, 0.29) is 0 Å². The van der Waals surface area contributed by atoms with E-state index in [9.17, 15) is 0 Å². The van der Waals surface area contributed by atoms with Crippen molar-refractivity contribution in [1.82, 2.24) is 0 Å². The molecule has 10 aromatic carbocycles. The van der Waals surface area contributed by atoms with E-state index in [1.54, 1.807) is 0 Å². The van der Waals surface area contributed by atoms with E-state index < -0.39 is 0 Å². The third-order valence-electron chi connectivity index (χ3n) is 11.5. The molecule has 0 radical (unpaired) electrons. The average molecular weight is 740 g/mol. The van der Waals surface area contributed by atoms with Crippen molar-refractivity contribution < 1.29 is 4.42 Å². The Bertz CT molecular complexity index is 3130. The maximum absolute atomic E-state index is 6.95. The fraction of sp³-hybridized carbons (Fsp3) is 0. The summed E-state index contributed by atoms with van der Waals surface area (Å²) in [5, 5.41) is 7.19. The first-order valence-electron chi connectivity index (χ1n) is 19.8. The van der Waals surface area contributed by atoms with Crippen LogP contribution < -0.4 is 4.90 Å². The van der Waals surface area contributed by atoms with Crippen molar-refractivity contribution in [2.24, 2.45) is 0 Å². The van der Waals surface area contributed by atoms with Crippen LogP contribution in [0.15, 0.2) is 229 Å². The van der Waals surface area contributed by atoms with E-state index in [0.717, 1.165) is 61.3 Å². The van der Waals surface area contributed by atoms with Crippen LogP contribution in [0.1, 0.15) is 0 Å². The van der Waals surface area contributed by atoms with Crippen molar-refractivity contribution in [3.63, 3.8) is 0 Å². The molecule has 11 aromatic rings. The van der Waals surface area contributed by atoms with Crippen LogP contribution in [-0.4, -0.2) is 0 Å². The van der Waals surface area contributed by atoms with Gasteiger partial charge in [-0.1, -0.05) is 194 Å². The summed E-state index contributed by atoms with van der Waals surface area (Å²) in [6.45, 7) is 0. The summed E-state index contributed by atoms with van der Waals surface area (Å²) in [4.78, 5) is 2.38. The first-order chi connectivity index (χ1) is 28.8. The topological polar surface area (TPSA) is 16.4 Å². The monoisotopic (exact) mass is 739 g/mol. The number of nitrogens with zero attached hydrogens (tertiary/aromatic N) is 1. The molecule has 0 spiro atoms. The quantitative estimate of drug-likeness (QED) is 0.162. The van der Waals surface area contributed by atoms with Crippen LogP contribution in [0, 0.1) is 0 Å². The van der Waals surface area contributed by atoms with E-state index >= 15 is 0 Å². The van der Waals surface area contributed by atoms with E-state index in [1.165, 1.54) is 43.8 Å². The van der Waals surface area contributed by atoms with Gasteiger partial charge in [-0.25, -0.2) is 0 Å². The lowest BCUT2D eigenvalue weighted by Crippen LogP contribution is -2.11. The van der Waals surface area contributed by atoms with E-state index in [2.05, 4.69) is 229 Å². The molecule has 0 aliphatic heterocycles. The molecular weight excluding hydrogens is 703 g/mol. The molecule has 0 atom stereocenters. The van der Waals surface area contributed by atoms with Gasteiger partial charge in [0.25, 0.3) is 0 Å². The first-order valence-corrected chi connectivity index (χ1v) is 19.8. The largest absolute Gasteiger partial charge is 0.455 e. The Morgan fingerprint density at radius 2 is 0.655 bits per heavy atom. The second-order valence-corrected chi connectivity index (χ2v) is 14.8. The number of para-hydroxylation sites is 3. The minimum atomic E-state index is 0.880. The highest BCUT2D eigenvalue weighted by molar-refractivity contribution is 6.14. The molecule has 0 saturated carbocycles. The van der Waals surface area contributed by atoms with Gasteiger partial charge in [-0.05, 0) is 79.7 Å². The van der Waals surface area contributed by atoms with Crippen LogP contribution in [0.25, 0.3) is 88.0 Å². The minimum absolute atomic E-state index is 0.880. The Balaban J connectivity index is 1.08. The summed E-state index contributed by atoms with van der Waals surface area (Å²) < 4.78 is 6.95. The third-order valence-corrected chi connectivity index (χ3v) is 11.5. The number of anilines is 3. The van der Waals surface area contributed by atoms with Crippen molar-refractivity contribution in [2.75, 3.05) is 4.90 Å². The Morgan fingerprint density at radius 3 is 1.26 bits per heavy atom. The molecule has 11 rings (SSSR count). The van der Waals surface area contributed by atoms with Crippen LogP contribution in [0.2, 0.25) is 0 Å². The van der Waals surface area contributed by atoms with Crippen LogP contribution in [0.5, 0.6) is 0 Å². The predicted octanol–water partition coefficient (Wildman–Crippen LogP) is 16.0. The fourth-order valence-electron chi connectivity index (χ4n) is 8.74. The number of fused-ring (bicyclic) bond motifs is 5. The van der Waals surface area contributed by atoms with Gasteiger partial charge in [0, 0.05) is 38.8 Å². The molecule has 0 saturated heterocycles. The molecule has 1 heterocycles. The number of hydrogen-bond donors (Lipinski definition) is 0. The number of furan rings is 1. The van der Waals surface area contributed by atoms with Crippen molar-refractivity contribution >= 4 is 60.5 Å². The van der Waals surface area contributed by atoms with Crippen LogP contribution in [0.4, 0.5) is 17.1 Å². The fourth-order valence-corrected chi connectivity index (χ4v) is 8.74. The lowest BCUT2D eigenvalue weighted by Gasteiger charge is -2.28. The smallest absolute Gasteiger partial charge is 0.143 e. The number of benzene rings is 10. The van der Waals surface area contributed by atoms with Crippen molar-refractivity contribution in [3.05, 3.63) is 224 Å². The molecule has 0 N–H and O–H groups in total. The lowest BCUT2D eigenvalue weighted by molar-refractivity contribution is 0.671.